The van der Waals surface area contributed by atoms with Gasteiger partial charge in [0.25, 0.3) is 0 Å². The fourth-order valence-electron chi connectivity index (χ4n) is 3.45. The normalized spacial score (nSPS) is 17.6. The highest BCUT2D eigenvalue weighted by Crippen LogP contribution is 2.28. The molecule has 0 radical (unpaired) electrons. The Morgan fingerprint density at radius 1 is 1.13 bits per heavy atom. The summed E-state index contributed by atoms with van der Waals surface area (Å²) in [7, 11) is 0. The van der Waals surface area contributed by atoms with E-state index >= 15 is 0 Å². The molecule has 2 N–H and O–H groups in total. The average molecular weight is 450 g/mol. The lowest BCUT2D eigenvalue weighted by Crippen LogP contribution is -2.45. The summed E-state index contributed by atoms with van der Waals surface area (Å²) in [5, 5.41) is 14.7. The molecule has 0 aliphatic carbocycles. The molecule has 2 saturated heterocycles. The molecule has 2 aromatic rings. The molecule has 4 rings (SSSR count). The molecular formula is C19H27N7O4S. The van der Waals surface area contributed by atoms with Gasteiger partial charge in [-0.3, -0.25) is 5.32 Å². The van der Waals surface area contributed by atoms with Crippen LogP contribution in [-0.4, -0.2) is 90.3 Å². The standard InChI is InChI=1S/C19H27N7O4S/c1-3-30-17(27)16-13(2)20-19(31-16)23-18-21-14(24-4-6-26(28)7-5-24)12-15(22-18)25-8-10-29-11-9-25/h12,28H,3-11H2,1-2H3,(H,20,21,22,23). The number of nitrogens with zero attached hydrogens (tertiary/aromatic N) is 6. The SMILES string of the molecule is CCOC(=O)c1sc(Nc2nc(N3CCOCC3)cc(N3CCN(O)CC3)n2)nc1C. The largest absolute Gasteiger partial charge is 0.462 e. The van der Waals surface area contributed by atoms with Crippen LogP contribution >= 0.6 is 11.3 Å². The maximum Gasteiger partial charge on any atom is 0.350 e. The second-order valence-corrected chi connectivity index (χ2v) is 8.23. The molecule has 0 bridgehead atoms. The number of anilines is 4. The zero-order valence-corrected chi connectivity index (χ0v) is 18.5. The molecule has 2 aromatic heterocycles. The molecule has 0 saturated carbocycles. The van der Waals surface area contributed by atoms with Gasteiger partial charge in [-0.15, -0.1) is 0 Å². The van der Waals surface area contributed by atoms with Gasteiger partial charge in [0.1, 0.15) is 16.5 Å². The number of aromatic nitrogens is 3. The first-order valence-electron chi connectivity index (χ1n) is 10.4. The Morgan fingerprint density at radius 2 is 1.77 bits per heavy atom. The quantitative estimate of drug-likeness (QED) is 0.625. The Balaban J connectivity index is 1.60. The second-order valence-electron chi connectivity index (χ2n) is 7.23. The van der Waals surface area contributed by atoms with Crippen molar-refractivity contribution in [1.29, 1.82) is 0 Å². The summed E-state index contributed by atoms with van der Waals surface area (Å²) in [5.74, 6) is 1.62. The minimum absolute atomic E-state index is 0.314. The minimum atomic E-state index is -0.379. The highest BCUT2D eigenvalue weighted by Gasteiger charge is 2.22. The van der Waals surface area contributed by atoms with E-state index in [0.29, 0.717) is 67.7 Å². The number of hydroxylamine groups is 2. The van der Waals surface area contributed by atoms with Gasteiger partial charge in [0.15, 0.2) is 5.13 Å². The first kappa shape index (κ1) is 21.7. The fraction of sp³-hybridized carbons (Fsp3) is 0.579. The topological polar surface area (TPSA) is 116 Å². The van der Waals surface area contributed by atoms with E-state index < -0.39 is 0 Å². The Morgan fingerprint density at radius 3 is 2.42 bits per heavy atom. The lowest BCUT2D eigenvalue weighted by atomic mass is 10.3. The average Bonchev–Trinajstić information content (AvgIpc) is 3.15. The van der Waals surface area contributed by atoms with Gasteiger partial charge in [0.2, 0.25) is 5.95 Å². The van der Waals surface area contributed by atoms with E-state index in [4.69, 9.17) is 14.5 Å². The van der Waals surface area contributed by atoms with E-state index in [1.165, 1.54) is 16.4 Å². The van der Waals surface area contributed by atoms with Gasteiger partial charge in [-0.25, -0.2) is 9.78 Å². The van der Waals surface area contributed by atoms with Crippen LogP contribution in [-0.2, 0) is 9.47 Å². The van der Waals surface area contributed by atoms with Gasteiger partial charge in [0.05, 0.1) is 25.5 Å². The summed E-state index contributed by atoms with van der Waals surface area (Å²) in [6.45, 7) is 9.11. The van der Waals surface area contributed by atoms with Crippen molar-refractivity contribution in [2.75, 3.05) is 74.2 Å². The molecular weight excluding hydrogens is 422 g/mol. The first-order chi connectivity index (χ1) is 15.0. The van der Waals surface area contributed by atoms with Crippen molar-refractivity contribution >= 4 is 40.0 Å². The fourth-order valence-corrected chi connectivity index (χ4v) is 4.30. The van der Waals surface area contributed by atoms with Crippen molar-refractivity contribution in [1.82, 2.24) is 20.0 Å². The Labute approximate surface area is 184 Å². The third-order valence-electron chi connectivity index (χ3n) is 5.09. The number of hydrogen-bond acceptors (Lipinski definition) is 12. The lowest BCUT2D eigenvalue weighted by Gasteiger charge is -2.33. The maximum absolute atomic E-state index is 12.1. The van der Waals surface area contributed by atoms with Crippen LogP contribution in [0.5, 0.6) is 0 Å². The van der Waals surface area contributed by atoms with E-state index in [1.54, 1.807) is 13.8 Å². The summed E-state index contributed by atoms with van der Waals surface area (Å²) < 4.78 is 10.6. The number of carbonyl (C=O) groups excluding carboxylic acids is 1. The van der Waals surface area contributed by atoms with Crippen LogP contribution in [0.2, 0.25) is 0 Å². The van der Waals surface area contributed by atoms with Gasteiger partial charge in [-0.1, -0.05) is 11.3 Å². The molecule has 168 valence electrons. The van der Waals surface area contributed by atoms with Crippen molar-refractivity contribution in [3.63, 3.8) is 0 Å². The summed E-state index contributed by atoms with van der Waals surface area (Å²) in [5.41, 5.74) is 0.606. The van der Waals surface area contributed by atoms with E-state index in [-0.39, 0.29) is 5.97 Å². The van der Waals surface area contributed by atoms with Crippen LogP contribution in [0.25, 0.3) is 0 Å². The smallest absolute Gasteiger partial charge is 0.350 e. The van der Waals surface area contributed by atoms with Crippen LogP contribution < -0.4 is 15.1 Å². The summed E-state index contributed by atoms with van der Waals surface area (Å²) in [6.07, 6.45) is 0. The van der Waals surface area contributed by atoms with Gasteiger partial charge in [0, 0.05) is 45.3 Å². The predicted molar refractivity (Wildman–Crippen MR) is 117 cm³/mol. The van der Waals surface area contributed by atoms with Gasteiger partial charge in [-0.05, 0) is 13.8 Å². The maximum atomic E-state index is 12.1. The number of aryl methyl sites for hydroxylation is 1. The molecule has 0 aromatic carbocycles. The van der Waals surface area contributed by atoms with E-state index in [1.807, 2.05) is 6.07 Å². The molecule has 31 heavy (non-hydrogen) atoms. The van der Waals surface area contributed by atoms with E-state index in [0.717, 1.165) is 24.7 Å². The summed E-state index contributed by atoms with van der Waals surface area (Å²) in [6, 6.07) is 1.97. The molecule has 11 nitrogen and oxygen atoms in total. The van der Waals surface area contributed by atoms with Crippen molar-refractivity contribution in [2.24, 2.45) is 0 Å². The van der Waals surface area contributed by atoms with Crippen molar-refractivity contribution in [3.05, 3.63) is 16.6 Å². The Bertz CT molecular complexity index is 911. The summed E-state index contributed by atoms with van der Waals surface area (Å²) in [4.78, 5) is 30.7. The van der Waals surface area contributed by atoms with Gasteiger partial charge < -0.3 is 24.5 Å². The molecule has 2 fully saturated rings. The molecule has 12 heteroatoms. The van der Waals surface area contributed by atoms with Crippen LogP contribution in [0.4, 0.5) is 22.7 Å². The zero-order valence-electron chi connectivity index (χ0n) is 17.7. The summed E-state index contributed by atoms with van der Waals surface area (Å²) >= 11 is 1.22. The number of carbonyl (C=O) groups is 1. The van der Waals surface area contributed by atoms with Crippen LogP contribution in [0.1, 0.15) is 22.3 Å². The number of thiazole rings is 1. The number of rotatable bonds is 6. The predicted octanol–water partition coefficient (Wildman–Crippen LogP) is 1.51. The van der Waals surface area contributed by atoms with E-state index in [9.17, 15) is 10.0 Å². The molecule has 4 heterocycles. The first-order valence-corrected chi connectivity index (χ1v) is 11.2. The molecule has 2 aliphatic heterocycles. The number of hydrogen-bond donors (Lipinski definition) is 2. The number of ether oxygens (including phenoxy) is 2. The molecule has 0 amide bonds. The number of morpholine rings is 1. The highest BCUT2D eigenvalue weighted by atomic mass is 32.1. The molecule has 0 atom stereocenters. The number of piperazine rings is 1. The molecule has 2 aliphatic rings. The second kappa shape index (κ2) is 9.73. The molecule has 0 unspecified atom stereocenters. The zero-order chi connectivity index (χ0) is 21.8. The van der Waals surface area contributed by atoms with Crippen LogP contribution in [0.3, 0.4) is 0 Å². The third-order valence-corrected chi connectivity index (χ3v) is 6.14. The number of esters is 1. The van der Waals surface area contributed by atoms with Gasteiger partial charge >= 0.3 is 5.97 Å². The lowest BCUT2D eigenvalue weighted by molar-refractivity contribution is -0.0936. The van der Waals surface area contributed by atoms with Crippen molar-refractivity contribution in [2.45, 2.75) is 13.8 Å². The highest BCUT2D eigenvalue weighted by molar-refractivity contribution is 7.17. The van der Waals surface area contributed by atoms with Crippen LogP contribution in [0.15, 0.2) is 6.07 Å². The molecule has 0 spiro atoms. The van der Waals surface area contributed by atoms with Crippen LogP contribution in [0, 0.1) is 6.92 Å². The minimum Gasteiger partial charge on any atom is -0.462 e. The monoisotopic (exact) mass is 449 g/mol. The van der Waals surface area contributed by atoms with Crippen molar-refractivity contribution < 1.29 is 19.5 Å². The third kappa shape index (κ3) is 5.21. The number of nitrogens with one attached hydrogen (secondary N) is 1. The van der Waals surface area contributed by atoms with Gasteiger partial charge in [-0.2, -0.15) is 15.0 Å². The Kier molecular flexibility index (Phi) is 6.80. The van der Waals surface area contributed by atoms with Crippen molar-refractivity contribution in [3.8, 4) is 0 Å². The Hall–Kier alpha value is -2.54. The van der Waals surface area contributed by atoms with E-state index in [2.05, 4.69) is 25.1 Å².